The van der Waals surface area contributed by atoms with Gasteiger partial charge in [-0.2, -0.15) is 0 Å². The molecule has 2 aromatic carbocycles. The van der Waals surface area contributed by atoms with Crippen molar-refractivity contribution < 1.29 is 43.9 Å². The van der Waals surface area contributed by atoms with Crippen molar-refractivity contribution in [2.24, 2.45) is 0 Å². The summed E-state index contributed by atoms with van der Waals surface area (Å²) in [7, 11) is -4.62. The Balaban J connectivity index is 0.00000392. The molecular formula is C18H20O9S. The first kappa shape index (κ1) is 22.9. The van der Waals surface area contributed by atoms with Gasteiger partial charge in [-0.3, -0.25) is 0 Å². The van der Waals surface area contributed by atoms with E-state index in [1.54, 1.807) is 0 Å². The number of carboxylic acids is 2. The highest BCUT2D eigenvalue weighted by Crippen LogP contribution is 2.40. The molecular weight excluding hydrogens is 392 g/mol. The number of phenolic OH excluding ortho intramolecular Hbond substituents is 2. The van der Waals surface area contributed by atoms with Gasteiger partial charge in [0.25, 0.3) is 0 Å². The molecule has 0 fully saturated rings. The maximum absolute atomic E-state index is 13.3. The summed E-state index contributed by atoms with van der Waals surface area (Å²) in [5, 5.41) is 39.0. The minimum Gasteiger partial charge on any atom is -0.507 e. The molecule has 0 heterocycles. The Kier molecular flexibility index (Phi) is 6.78. The van der Waals surface area contributed by atoms with Crippen LogP contribution < -0.4 is 0 Å². The molecule has 0 atom stereocenters. The number of hydrogen-bond donors (Lipinski definition) is 4. The fourth-order valence-corrected chi connectivity index (χ4v) is 5.08. The number of phenols is 2. The highest BCUT2D eigenvalue weighted by molar-refractivity contribution is 7.91. The lowest BCUT2D eigenvalue weighted by Crippen LogP contribution is -2.14. The van der Waals surface area contributed by atoms with Crippen LogP contribution in [0.3, 0.4) is 0 Å². The molecule has 0 spiro atoms. The van der Waals surface area contributed by atoms with Crippen LogP contribution in [0, 0.1) is 0 Å². The van der Waals surface area contributed by atoms with E-state index in [0.29, 0.717) is 0 Å². The van der Waals surface area contributed by atoms with E-state index in [2.05, 4.69) is 0 Å². The fourth-order valence-electron chi connectivity index (χ4n) is 3.04. The van der Waals surface area contributed by atoms with Gasteiger partial charge in [-0.05, 0) is 48.2 Å². The summed E-state index contributed by atoms with van der Waals surface area (Å²) in [5.41, 5.74) is -0.879. The van der Waals surface area contributed by atoms with E-state index in [9.17, 15) is 38.4 Å². The van der Waals surface area contributed by atoms with Crippen LogP contribution in [0.25, 0.3) is 0 Å². The van der Waals surface area contributed by atoms with Crippen molar-refractivity contribution in [3.05, 3.63) is 46.5 Å². The minimum atomic E-state index is -4.62. The number of carbonyl (C=O) groups is 2. The molecule has 0 amide bonds. The van der Waals surface area contributed by atoms with Crippen molar-refractivity contribution in [3.63, 3.8) is 0 Å². The van der Waals surface area contributed by atoms with Crippen LogP contribution in [0.1, 0.15) is 45.7 Å². The molecule has 2 aromatic rings. The number of carboxylic acid groups (broad SMARTS) is 2. The van der Waals surface area contributed by atoms with E-state index < -0.39 is 43.1 Å². The van der Waals surface area contributed by atoms with Crippen molar-refractivity contribution in [2.45, 2.75) is 36.5 Å². The molecule has 0 aliphatic heterocycles. The minimum absolute atomic E-state index is 0. The van der Waals surface area contributed by atoms with Crippen LogP contribution in [0.2, 0.25) is 0 Å². The van der Waals surface area contributed by atoms with Gasteiger partial charge in [0.15, 0.2) is 0 Å². The van der Waals surface area contributed by atoms with E-state index in [1.165, 1.54) is 13.8 Å². The zero-order valence-corrected chi connectivity index (χ0v) is 15.9. The summed E-state index contributed by atoms with van der Waals surface area (Å²) >= 11 is 0. The smallest absolute Gasteiger partial charge is 0.336 e. The predicted octanol–water partition coefficient (Wildman–Crippen LogP) is 1.63. The molecule has 10 heteroatoms. The SMILES string of the molecule is CCc1c(C(=O)O)ccc(O)c1S(=O)(=O)c1c(O)ccc(C(=O)O)c1CC.O. The summed E-state index contributed by atoms with van der Waals surface area (Å²) < 4.78 is 26.6. The Bertz CT molecular complexity index is 962. The van der Waals surface area contributed by atoms with Gasteiger partial charge >= 0.3 is 11.9 Å². The monoisotopic (exact) mass is 412 g/mol. The molecule has 0 radical (unpaired) electrons. The van der Waals surface area contributed by atoms with Crippen molar-refractivity contribution >= 4 is 21.8 Å². The molecule has 6 N–H and O–H groups in total. The summed E-state index contributed by atoms with van der Waals surface area (Å²) in [4.78, 5) is 21.6. The molecule has 0 bridgehead atoms. The molecule has 9 nitrogen and oxygen atoms in total. The Morgan fingerprint density at radius 1 is 0.786 bits per heavy atom. The summed E-state index contributed by atoms with van der Waals surface area (Å²) in [6, 6.07) is 4.06. The number of aromatic carboxylic acids is 2. The number of sulfone groups is 1. The fraction of sp³-hybridized carbons (Fsp3) is 0.222. The molecule has 0 aliphatic carbocycles. The number of aromatic hydroxyl groups is 2. The summed E-state index contributed by atoms with van der Waals surface area (Å²) in [6.45, 7) is 3.04. The first-order valence-corrected chi connectivity index (χ1v) is 9.47. The third-order valence-electron chi connectivity index (χ3n) is 4.18. The second kappa shape index (κ2) is 8.28. The van der Waals surface area contributed by atoms with Gasteiger partial charge in [0.2, 0.25) is 9.84 Å². The average Bonchev–Trinajstić information content (AvgIpc) is 2.59. The van der Waals surface area contributed by atoms with Crippen molar-refractivity contribution in [1.82, 2.24) is 0 Å². The highest BCUT2D eigenvalue weighted by atomic mass is 32.2. The lowest BCUT2D eigenvalue weighted by atomic mass is 10.0. The molecule has 0 saturated heterocycles. The van der Waals surface area contributed by atoms with Crippen molar-refractivity contribution in [2.75, 3.05) is 0 Å². The lowest BCUT2D eigenvalue weighted by Gasteiger charge is -2.17. The van der Waals surface area contributed by atoms with Gasteiger partial charge < -0.3 is 25.9 Å². The molecule has 0 aromatic heterocycles. The third-order valence-corrected chi connectivity index (χ3v) is 6.17. The first-order valence-electron chi connectivity index (χ1n) is 7.99. The van der Waals surface area contributed by atoms with Gasteiger partial charge in [0.1, 0.15) is 21.3 Å². The van der Waals surface area contributed by atoms with Gasteiger partial charge in [-0.15, -0.1) is 0 Å². The van der Waals surface area contributed by atoms with Crippen LogP contribution in [0.4, 0.5) is 0 Å². The zero-order valence-electron chi connectivity index (χ0n) is 15.1. The maximum Gasteiger partial charge on any atom is 0.336 e. The molecule has 28 heavy (non-hydrogen) atoms. The number of rotatable bonds is 6. The van der Waals surface area contributed by atoms with E-state index in [1.807, 2.05) is 0 Å². The van der Waals surface area contributed by atoms with Crippen LogP contribution in [-0.2, 0) is 22.7 Å². The Labute approximate surface area is 160 Å². The standard InChI is InChI=1S/C18H18O8S.H2O/c1-3-9-11(17(21)22)5-7-13(19)15(9)27(25,26)16-10(4-2)12(18(23)24)6-8-14(16)20;/h5-8,19-20H,3-4H2,1-2H3,(H,21,22)(H,23,24);1H2. The molecule has 152 valence electrons. The normalized spacial score (nSPS) is 10.9. The predicted molar refractivity (Wildman–Crippen MR) is 98.0 cm³/mol. The second-order valence-corrected chi connectivity index (χ2v) is 7.52. The van der Waals surface area contributed by atoms with Gasteiger partial charge in [-0.25, -0.2) is 18.0 Å². The number of hydrogen-bond acceptors (Lipinski definition) is 6. The Morgan fingerprint density at radius 2 is 1.11 bits per heavy atom. The van der Waals surface area contributed by atoms with Gasteiger partial charge in [0, 0.05) is 0 Å². The molecule has 0 aliphatic rings. The van der Waals surface area contributed by atoms with E-state index in [4.69, 9.17) is 0 Å². The van der Waals surface area contributed by atoms with Crippen molar-refractivity contribution in [3.8, 4) is 11.5 Å². The zero-order chi connectivity index (χ0) is 20.5. The van der Waals surface area contributed by atoms with Crippen LogP contribution in [0.15, 0.2) is 34.1 Å². The first-order chi connectivity index (χ1) is 12.6. The van der Waals surface area contributed by atoms with E-state index in [-0.39, 0.29) is 40.6 Å². The Hall–Kier alpha value is -3.11. The van der Waals surface area contributed by atoms with Gasteiger partial charge in [-0.1, -0.05) is 13.8 Å². The molecule has 0 saturated carbocycles. The topological polar surface area (TPSA) is 181 Å². The lowest BCUT2D eigenvalue weighted by molar-refractivity contribution is 0.0684. The maximum atomic E-state index is 13.3. The summed E-state index contributed by atoms with van der Waals surface area (Å²) in [6.07, 6.45) is -0.0448. The van der Waals surface area contributed by atoms with Crippen LogP contribution in [0.5, 0.6) is 11.5 Å². The highest BCUT2D eigenvalue weighted by Gasteiger charge is 2.33. The van der Waals surface area contributed by atoms with E-state index in [0.717, 1.165) is 24.3 Å². The van der Waals surface area contributed by atoms with Crippen LogP contribution in [-0.4, -0.2) is 46.3 Å². The van der Waals surface area contributed by atoms with Crippen LogP contribution >= 0.6 is 0 Å². The Morgan fingerprint density at radius 3 is 1.36 bits per heavy atom. The summed E-state index contributed by atoms with van der Waals surface area (Å²) in [5.74, 6) is -4.11. The van der Waals surface area contributed by atoms with Gasteiger partial charge in [0.05, 0.1) is 11.1 Å². The molecule has 0 unspecified atom stereocenters. The van der Waals surface area contributed by atoms with E-state index >= 15 is 0 Å². The second-order valence-electron chi connectivity index (χ2n) is 5.70. The third kappa shape index (κ3) is 3.64. The number of benzene rings is 2. The quantitative estimate of drug-likeness (QED) is 0.552. The molecule has 2 rings (SSSR count). The average molecular weight is 412 g/mol. The largest absolute Gasteiger partial charge is 0.507 e. The van der Waals surface area contributed by atoms with Crippen molar-refractivity contribution in [1.29, 1.82) is 0 Å².